The second-order valence-corrected chi connectivity index (χ2v) is 5.64. The third-order valence-electron chi connectivity index (χ3n) is 3.44. The molecule has 1 saturated carbocycles. The van der Waals surface area contributed by atoms with Gasteiger partial charge in [0.05, 0.1) is 6.20 Å². The number of nitrogens with one attached hydrogen (secondary N) is 1. The predicted octanol–water partition coefficient (Wildman–Crippen LogP) is 2.17. The summed E-state index contributed by atoms with van der Waals surface area (Å²) in [4.78, 5) is 4.23. The number of rotatable bonds is 2. The van der Waals surface area contributed by atoms with E-state index >= 15 is 0 Å². The first-order valence-electron chi connectivity index (χ1n) is 6.25. The molecule has 0 amide bonds. The molecular formula is C12H16BrN5. The van der Waals surface area contributed by atoms with E-state index in [9.17, 15) is 0 Å². The van der Waals surface area contributed by atoms with Crippen LogP contribution in [0.15, 0.2) is 22.9 Å². The molecule has 5 nitrogen and oxygen atoms in total. The third kappa shape index (κ3) is 2.35. The lowest BCUT2D eigenvalue weighted by atomic mass is 9.92. The molecule has 0 unspecified atom stereocenters. The Bertz CT molecular complexity index is 544. The predicted molar refractivity (Wildman–Crippen MR) is 74.5 cm³/mol. The zero-order chi connectivity index (χ0) is 12.5. The van der Waals surface area contributed by atoms with E-state index in [0.717, 1.165) is 41.8 Å². The van der Waals surface area contributed by atoms with Crippen LogP contribution in [0.5, 0.6) is 0 Å². The molecule has 3 N–H and O–H groups in total. The summed E-state index contributed by atoms with van der Waals surface area (Å²) >= 11 is 3.43. The van der Waals surface area contributed by atoms with Crippen LogP contribution in [0, 0.1) is 0 Å². The summed E-state index contributed by atoms with van der Waals surface area (Å²) in [6.45, 7) is 0. The lowest BCUT2D eigenvalue weighted by Gasteiger charge is -2.27. The van der Waals surface area contributed by atoms with Crippen LogP contribution < -0.4 is 11.1 Å². The summed E-state index contributed by atoms with van der Waals surface area (Å²) in [6, 6.07) is 4.80. The number of hydrogen-bond donors (Lipinski definition) is 2. The molecular weight excluding hydrogens is 294 g/mol. The van der Waals surface area contributed by atoms with Crippen molar-refractivity contribution in [3.05, 3.63) is 22.9 Å². The maximum atomic E-state index is 5.91. The Balaban J connectivity index is 1.76. The molecule has 3 rings (SSSR count). The molecule has 6 heteroatoms. The molecule has 1 fully saturated rings. The molecule has 0 bridgehead atoms. The topological polar surface area (TPSA) is 68.2 Å². The number of anilines is 1. The Kier molecular flexibility index (Phi) is 3.22. The number of fused-ring (bicyclic) bond motifs is 1. The average Bonchev–Trinajstić information content (AvgIpc) is 2.74. The molecule has 96 valence electrons. The minimum absolute atomic E-state index is 0.376. The van der Waals surface area contributed by atoms with Gasteiger partial charge in [0.2, 0.25) is 0 Å². The van der Waals surface area contributed by atoms with Gasteiger partial charge in [-0.1, -0.05) is 0 Å². The van der Waals surface area contributed by atoms with Gasteiger partial charge in [-0.2, -0.15) is 0 Å². The van der Waals surface area contributed by atoms with Crippen molar-refractivity contribution in [3.63, 3.8) is 0 Å². The molecule has 18 heavy (non-hydrogen) atoms. The number of aromatic nitrogens is 3. The zero-order valence-electron chi connectivity index (χ0n) is 10.0. The van der Waals surface area contributed by atoms with Crippen molar-refractivity contribution >= 4 is 27.4 Å². The van der Waals surface area contributed by atoms with Crippen molar-refractivity contribution in [2.24, 2.45) is 5.73 Å². The first-order chi connectivity index (χ1) is 8.72. The maximum absolute atomic E-state index is 5.91. The monoisotopic (exact) mass is 309 g/mol. The van der Waals surface area contributed by atoms with Crippen molar-refractivity contribution in [2.45, 2.75) is 37.8 Å². The van der Waals surface area contributed by atoms with Crippen molar-refractivity contribution in [1.29, 1.82) is 0 Å². The van der Waals surface area contributed by atoms with Crippen molar-refractivity contribution in [3.8, 4) is 0 Å². The van der Waals surface area contributed by atoms with Crippen LogP contribution in [0.4, 0.5) is 5.82 Å². The lowest BCUT2D eigenvalue weighted by Crippen LogP contribution is -2.33. The minimum Gasteiger partial charge on any atom is -0.366 e. The van der Waals surface area contributed by atoms with Gasteiger partial charge in [-0.3, -0.25) is 0 Å². The highest BCUT2D eigenvalue weighted by Crippen LogP contribution is 2.21. The van der Waals surface area contributed by atoms with Crippen LogP contribution in [0.3, 0.4) is 0 Å². The highest BCUT2D eigenvalue weighted by Gasteiger charge is 2.18. The number of halogens is 1. The molecule has 2 aromatic heterocycles. The number of imidazole rings is 1. The zero-order valence-corrected chi connectivity index (χ0v) is 11.6. The van der Waals surface area contributed by atoms with Gasteiger partial charge in [0.25, 0.3) is 0 Å². The van der Waals surface area contributed by atoms with E-state index in [-0.39, 0.29) is 0 Å². The van der Waals surface area contributed by atoms with Gasteiger partial charge < -0.3 is 11.1 Å². The molecule has 0 atom stereocenters. The smallest absolute Gasteiger partial charge is 0.154 e. The minimum atomic E-state index is 0.376. The van der Waals surface area contributed by atoms with Crippen molar-refractivity contribution in [2.75, 3.05) is 5.32 Å². The van der Waals surface area contributed by atoms with Gasteiger partial charge in [0, 0.05) is 12.1 Å². The van der Waals surface area contributed by atoms with Crippen molar-refractivity contribution < 1.29 is 0 Å². The molecule has 0 saturated heterocycles. The quantitative estimate of drug-likeness (QED) is 0.892. The van der Waals surface area contributed by atoms with Gasteiger partial charge in [-0.05, 0) is 53.7 Å². The van der Waals surface area contributed by atoms with Gasteiger partial charge in [-0.25, -0.2) is 9.50 Å². The van der Waals surface area contributed by atoms with Crippen LogP contribution in [0.25, 0.3) is 5.65 Å². The highest BCUT2D eigenvalue weighted by atomic mass is 79.9. The van der Waals surface area contributed by atoms with Crippen LogP contribution in [0.2, 0.25) is 0 Å². The number of nitrogens with two attached hydrogens (primary N) is 1. The normalized spacial score (nSPS) is 24.3. The van der Waals surface area contributed by atoms with E-state index in [1.54, 1.807) is 10.7 Å². The van der Waals surface area contributed by atoms with Gasteiger partial charge in [-0.15, -0.1) is 5.10 Å². The fraction of sp³-hybridized carbons (Fsp3) is 0.500. The lowest BCUT2D eigenvalue weighted by molar-refractivity contribution is 0.410. The average molecular weight is 310 g/mol. The van der Waals surface area contributed by atoms with E-state index in [0.29, 0.717) is 12.1 Å². The van der Waals surface area contributed by atoms with Gasteiger partial charge in [0.1, 0.15) is 10.4 Å². The Hall–Kier alpha value is -1.14. The van der Waals surface area contributed by atoms with Gasteiger partial charge in [0.15, 0.2) is 5.65 Å². The summed E-state index contributed by atoms with van der Waals surface area (Å²) < 4.78 is 2.66. The number of hydrogen-bond acceptors (Lipinski definition) is 4. The van der Waals surface area contributed by atoms with Crippen LogP contribution >= 0.6 is 15.9 Å². The third-order valence-corrected chi connectivity index (χ3v) is 3.99. The second-order valence-electron chi connectivity index (χ2n) is 4.83. The van der Waals surface area contributed by atoms with E-state index in [1.165, 1.54) is 0 Å². The summed E-state index contributed by atoms with van der Waals surface area (Å²) in [5.74, 6) is 0.890. The van der Waals surface area contributed by atoms with Crippen molar-refractivity contribution in [1.82, 2.24) is 14.6 Å². The first-order valence-corrected chi connectivity index (χ1v) is 7.04. The number of nitrogens with zero attached hydrogens (tertiary/aromatic N) is 3. The van der Waals surface area contributed by atoms with Crippen LogP contribution in [-0.2, 0) is 0 Å². The molecule has 2 aromatic rings. The van der Waals surface area contributed by atoms with Gasteiger partial charge >= 0.3 is 0 Å². The van der Waals surface area contributed by atoms with E-state index in [1.807, 2.05) is 12.1 Å². The largest absolute Gasteiger partial charge is 0.366 e. The van der Waals surface area contributed by atoms with E-state index < -0.39 is 0 Å². The first kappa shape index (κ1) is 11.9. The van der Waals surface area contributed by atoms with Crippen LogP contribution in [0.1, 0.15) is 25.7 Å². The Labute approximate surface area is 114 Å². The SMILES string of the molecule is N[C@H]1CC[C@@H](Nc2ccc3ncc(Br)n3n2)CC1. The summed E-state index contributed by atoms with van der Waals surface area (Å²) in [5.41, 5.74) is 6.75. The summed E-state index contributed by atoms with van der Waals surface area (Å²) in [6.07, 6.45) is 6.17. The highest BCUT2D eigenvalue weighted by molar-refractivity contribution is 9.10. The summed E-state index contributed by atoms with van der Waals surface area (Å²) in [7, 11) is 0. The molecule has 2 heterocycles. The molecule has 0 aliphatic heterocycles. The second kappa shape index (κ2) is 4.85. The Morgan fingerprint density at radius 1 is 1.28 bits per heavy atom. The Morgan fingerprint density at radius 2 is 2.06 bits per heavy atom. The fourth-order valence-electron chi connectivity index (χ4n) is 2.40. The molecule has 0 aromatic carbocycles. The van der Waals surface area contributed by atoms with E-state index in [4.69, 9.17) is 5.73 Å². The van der Waals surface area contributed by atoms with Crippen LogP contribution in [-0.4, -0.2) is 26.7 Å². The molecule has 1 aliphatic carbocycles. The molecule has 0 spiro atoms. The summed E-state index contributed by atoms with van der Waals surface area (Å²) in [5, 5.41) is 7.99. The van der Waals surface area contributed by atoms with E-state index in [2.05, 4.69) is 31.3 Å². The molecule has 1 aliphatic rings. The Morgan fingerprint density at radius 3 is 2.83 bits per heavy atom. The standard InChI is InChI=1S/C12H16BrN5/c13-10-7-15-12-6-5-11(17-18(10)12)16-9-3-1-8(14)2-4-9/h5-9H,1-4,14H2,(H,16,17)/t8-,9+. The maximum Gasteiger partial charge on any atom is 0.154 e. The molecule has 0 radical (unpaired) electrons. The fourth-order valence-corrected chi connectivity index (χ4v) is 2.76.